The van der Waals surface area contributed by atoms with Crippen LogP contribution in [-0.2, 0) is 9.53 Å². The van der Waals surface area contributed by atoms with Gasteiger partial charge in [-0.3, -0.25) is 0 Å². The van der Waals surface area contributed by atoms with Crippen molar-refractivity contribution >= 4 is 17.7 Å². The molecule has 1 aliphatic rings. The zero-order chi connectivity index (χ0) is 21.0. The van der Waals surface area contributed by atoms with Gasteiger partial charge >= 0.3 is 12.0 Å². The molecule has 8 heteroatoms. The van der Waals surface area contributed by atoms with Gasteiger partial charge in [-0.2, -0.15) is 0 Å². The van der Waals surface area contributed by atoms with Crippen LogP contribution in [0.4, 0.5) is 4.79 Å². The van der Waals surface area contributed by atoms with Gasteiger partial charge in [0.25, 0.3) is 0 Å². The van der Waals surface area contributed by atoms with Crippen molar-refractivity contribution in [3.05, 3.63) is 59.2 Å². The quantitative estimate of drug-likeness (QED) is 0.727. The van der Waals surface area contributed by atoms with Crippen LogP contribution in [0, 0.1) is 0 Å². The fraction of sp³-hybridized carbons (Fsp3) is 0.238. The summed E-state index contributed by atoms with van der Waals surface area (Å²) in [6.45, 7) is 0. The third-order valence-electron chi connectivity index (χ3n) is 4.60. The van der Waals surface area contributed by atoms with Gasteiger partial charge in [0.15, 0.2) is 0 Å². The number of urea groups is 1. The molecule has 0 saturated carbocycles. The number of esters is 1. The van der Waals surface area contributed by atoms with Crippen LogP contribution in [-0.4, -0.2) is 40.4 Å². The van der Waals surface area contributed by atoms with Crippen molar-refractivity contribution in [2.75, 3.05) is 28.4 Å². The highest BCUT2D eigenvalue weighted by atomic mass is 16.5. The number of methoxy groups -OCH3 is 4. The van der Waals surface area contributed by atoms with Crippen molar-refractivity contribution < 1.29 is 28.5 Å². The van der Waals surface area contributed by atoms with Gasteiger partial charge in [-0.05, 0) is 48.0 Å². The molecule has 0 saturated heterocycles. The zero-order valence-corrected chi connectivity index (χ0v) is 16.6. The van der Waals surface area contributed by atoms with Crippen LogP contribution in [0.5, 0.6) is 17.2 Å². The highest BCUT2D eigenvalue weighted by Gasteiger charge is 2.35. The monoisotopic (exact) mass is 398 g/mol. The molecular weight excluding hydrogens is 376 g/mol. The van der Waals surface area contributed by atoms with Crippen molar-refractivity contribution in [2.45, 2.75) is 6.04 Å². The van der Waals surface area contributed by atoms with E-state index in [0.717, 1.165) is 0 Å². The van der Waals surface area contributed by atoms with Gasteiger partial charge in [-0.25, -0.2) is 9.59 Å². The van der Waals surface area contributed by atoms with E-state index in [4.69, 9.17) is 18.9 Å². The molecule has 2 N–H and O–H groups in total. The fourth-order valence-electron chi connectivity index (χ4n) is 3.18. The van der Waals surface area contributed by atoms with Gasteiger partial charge < -0.3 is 29.6 Å². The summed E-state index contributed by atoms with van der Waals surface area (Å²) in [5.74, 6) is 1.12. The first kappa shape index (κ1) is 20.1. The lowest BCUT2D eigenvalue weighted by Crippen LogP contribution is -2.45. The number of ether oxygens (including phenoxy) is 4. The van der Waals surface area contributed by atoms with Gasteiger partial charge in [0.1, 0.15) is 17.2 Å². The smallest absolute Gasteiger partial charge is 0.338 e. The number of benzene rings is 2. The van der Waals surface area contributed by atoms with Gasteiger partial charge in [-0.1, -0.05) is 0 Å². The van der Waals surface area contributed by atoms with Gasteiger partial charge in [0.05, 0.1) is 45.8 Å². The molecule has 1 aliphatic heterocycles. The number of rotatable bonds is 6. The summed E-state index contributed by atoms with van der Waals surface area (Å²) in [5, 5.41) is 5.49. The Labute approximate surface area is 168 Å². The highest BCUT2D eigenvalue weighted by Crippen LogP contribution is 2.38. The van der Waals surface area contributed by atoms with E-state index < -0.39 is 18.0 Å². The van der Waals surface area contributed by atoms with Crippen LogP contribution < -0.4 is 24.8 Å². The van der Waals surface area contributed by atoms with Crippen LogP contribution in [0.15, 0.2) is 48.0 Å². The SMILES string of the molecule is COC(=O)C1=C(c2ccc(OC)cc2)NC(=O)NC1c1cc(OC)ccc1OC. The van der Waals surface area contributed by atoms with Crippen LogP contribution in [0.2, 0.25) is 0 Å². The Morgan fingerprint density at radius 2 is 1.55 bits per heavy atom. The summed E-state index contributed by atoms with van der Waals surface area (Å²) in [6.07, 6.45) is 0. The predicted molar refractivity (Wildman–Crippen MR) is 106 cm³/mol. The number of carbonyl (C=O) groups excluding carboxylic acids is 2. The van der Waals surface area contributed by atoms with Crippen LogP contribution in [0.3, 0.4) is 0 Å². The Morgan fingerprint density at radius 3 is 2.14 bits per heavy atom. The molecule has 3 rings (SSSR count). The Hall–Kier alpha value is -3.68. The van der Waals surface area contributed by atoms with Crippen molar-refractivity contribution in [3.63, 3.8) is 0 Å². The minimum absolute atomic E-state index is 0.240. The van der Waals surface area contributed by atoms with Gasteiger partial charge in [0.2, 0.25) is 0 Å². The maximum Gasteiger partial charge on any atom is 0.338 e. The van der Waals surface area contributed by atoms with E-state index in [-0.39, 0.29) is 5.57 Å². The topological polar surface area (TPSA) is 95.1 Å². The number of hydrogen-bond donors (Lipinski definition) is 2. The summed E-state index contributed by atoms with van der Waals surface area (Å²) in [6, 6.07) is 10.9. The largest absolute Gasteiger partial charge is 0.497 e. The van der Waals surface area contributed by atoms with E-state index in [2.05, 4.69) is 10.6 Å². The molecule has 0 radical (unpaired) electrons. The molecule has 2 aromatic rings. The Balaban J connectivity index is 2.22. The van der Waals surface area contributed by atoms with E-state index in [9.17, 15) is 9.59 Å². The van der Waals surface area contributed by atoms with E-state index >= 15 is 0 Å². The number of nitrogens with one attached hydrogen (secondary N) is 2. The van der Waals surface area contributed by atoms with Crippen molar-refractivity contribution in [2.24, 2.45) is 0 Å². The molecule has 2 amide bonds. The molecule has 0 aromatic heterocycles. The predicted octanol–water partition coefficient (Wildman–Crippen LogP) is 2.65. The molecule has 2 aromatic carbocycles. The van der Waals surface area contributed by atoms with Crippen molar-refractivity contribution in [1.29, 1.82) is 0 Å². The Morgan fingerprint density at radius 1 is 0.897 bits per heavy atom. The molecule has 29 heavy (non-hydrogen) atoms. The average Bonchev–Trinajstić information content (AvgIpc) is 2.77. The number of carbonyl (C=O) groups is 2. The summed E-state index contributed by atoms with van der Waals surface area (Å²) >= 11 is 0. The summed E-state index contributed by atoms with van der Waals surface area (Å²) < 4.78 is 20.9. The lowest BCUT2D eigenvalue weighted by Gasteiger charge is -2.30. The summed E-state index contributed by atoms with van der Waals surface area (Å²) in [4.78, 5) is 25.2. The first-order valence-corrected chi connectivity index (χ1v) is 8.78. The molecule has 1 unspecified atom stereocenters. The second kappa shape index (κ2) is 8.55. The summed E-state index contributed by atoms with van der Waals surface area (Å²) in [7, 11) is 5.90. The maximum atomic E-state index is 12.8. The van der Waals surface area contributed by atoms with Crippen molar-refractivity contribution in [3.8, 4) is 17.2 Å². The Bertz CT molecular complexity index is 952. The van der Waals surface area contributed by atoms with Gasteiger partial charge in [-0.15, -0.1) is 0 Å². The first-order valence-electron chi connectivity index (χ1n) is 8.78. The number of amides is 2. The minimum Gasteiger partial charge on any atom is -0.497 e. The summed E-state index contributed by atoms with van der Waals surface area (Å²) in [5.41, 5.74) is 1.78. The minimum atomic E-state index is -0.807. The van der Waals surface area contributed by atoms with Crippen LogP contribution >= 0.6 is 0 Å². The Kier molecular flexibility index (Phi) is 5.92. The molecule has 0 fully saturated rings. The molecule has 1 atom stereocenters. The van der Waals surface area contributed by atoms with Crippen LogP contribution in [0.25, 0.3) is 5.70 Å². The van der Waals surface area contributed by atoms with Crippen molar-refractivity contribution in [1.82, 2.24) is 10.6 Å². The lowest BCUT2D eigenvalue weighted by atomic mass is 9.92. The number of hydrogen-bond acceptors (Lipinski definition) is 6. The zero-order valence-electron chi connectivity index (χ0n) is 16.6. The highest BCUT2D eigenvalue weighted by molar-refractivity contribution is 6.04. The molecule has 0 bridgehead atoms. The van der Waals surface area contributed by atoms with E-state index in [0.29, 0.717) is 34.1 Å². The normalized spacial score (nSPS) is 15.9. The first-order chi connectivity index (χ1) is 14.0. The van der Waals surface area contributed by atoms with E-state index in [1.54, 1.807) is 49.6 Å². The lowest BCUT2D eigenvalue weighted by molar-refractivity contribution is -0.136. The van der Waals surface area contributed by atoms with E-state index in [1.807, 2.05) is 0 Å². The molecule has 0 spiro atoms. The fourth-order valence-corrected chi connectivity index (χ4v) is 3.18. The average molecular weight is 398 g/mol. The standard InChI is InChI=1S/C21H22N2O6/c1-26-13-7-5-12(6-8-13)18-17(20(24)29-4)19(23-21(25)22-18)15-11-14(27-2)9-10-16(15)28-3/h5-11,19H,1-4H3,(H2,22,23,25). The third kappa shape index (κ3) is 3.96. The molecular formula is C21H22N2O6. The molecule has 1 heterocycles. The van der Waals surface area contributed by atoms with Gasteiger partial charge in [0, 0.05) is 5.56 Å². The molecule has 152 valence electrons. The second-order valence-corrected chi connectivity index (χ2v) is 6.15. The van der Waals surface area contributed by atoms with E-state index in [1.165, 1.54) is 21.3 Å². The molecule has 0 aliphatic carbocycles. The van der Waals surface area contributed by atoms with Crippen LogP contribution in [0.1, 0.15) is 17.2 Å². The third-order valence-corrected chi connectivity index (χ3v) is 4.60. The molecule has 8 nitrogen and oxygen atoms in total. The second-order valence-electron chi connectivity index (χ2n) is 6.15. The maximum absolute atomic E-state index is 12.8.